The van der Waals surface area contributed by atoms with E-state index < -0.39 is 23.9 Å². The molecule has 0 fully saturated rings. The van der Waals surface area contributed by atoms with Crippen molar-refractivity contribution in [2.45, 2.75) is 19.4 Å². The zero-order valence-electron chi connectivity index (χ0n) is 37.0. The van der Waals surface area contributed by atoms with Crippen molar-refractivity contribution in [1.29, 1.82) is 0 Å². The average molecular weight is 899 g/mol. The number of hydrogen-bond donors (Lipinski definition) is 0. The Morgan fingerprint density at radius 3 is 1.78 bits per heavy atom. The molecule has 0 saturated heterocycles. The maximum absolute atomic E-state index is 13.0. The molecule has 0 spiro atoms. The van der Waals surface area contributed by atoms with E-state index in [9.17, 15) is 19.2 Å². The van der Waals surface area contributed by atoms with E-state index in [0.29, 0.717) is 59.3 Å². The molecule has 0 amide bonds. The third-order valence-electron chi connectivity index (χ3n) is 9.68. The van der Waals surface area contributed by atoms with E-state index in [1.54, 1.807) is 60.7 Å². The predicted molar refractivity (Wildman–Crippen MR) is 251 cm³/mol. The van der Waals surface area contributed by atoms with E-state index >= 15 is 0 Å². The van der Waals surface area contributed by atoms with Crippen molar-refractivity contribution in [3.8, 4) is 52.4 Å². The summed E-state index contributed by atoms with van der Waals surface area (Å²) < 4.78 is 43.5. The molecule has 0 bridgehead atoms. The van der Waals surface area contributed by atoms with Gasteiger partial charge >= 0.3 is 23.9 Å². The smallest absolute Gasteiger partial charge is 0.343 e. The Balaban J connectivity index is 1.01. The summed E-state index contributed by atoms with van der Waals surface area (Å²) in [5.41, 5.74) is 4.29. The lowest BCUT2D eigenvalue weighted by molar-refractivity contribution is -0.139. The van der Waals surface area contributed by atoms with E-state index in [1.807, 2.05) is 60.7 Å². The highest BCUT2D eigenvalue weighted by atomic mass is 16.6. The average Bonchev–Trinajstić information content (AvgIpc) is 3.36. The van der Waals surface area contributed by atoms with Crippen LogP contribution in [0.15, 0.2) is 147 Å². The number of unbranched alkanes of at least 4 members (excludes halogenated alkanes) is 1. The number of carbonyl (C=O) groups is 4. The number of methoxy groups -OCH3 is 2. The second kappa shape index (κ2) is 24.4. The highest BCUT2D eigenvalue weighted by molar-refractivity contribution is 5.93. The van der Waals surface area contributed by atoms with E-state index in [0.717, 1.165) is 39.6 Å². The first kappa shape index (κ1) is 47.7. The van der Waals surface area contributed by atoms with Gasteiger partial charge in [0.1, 0.15) is 42.6 Å². The summed E-state index contributed by atoms with van der Waals surface area (Å²) in [7, 11) is 2.78. The molecule has 0 aliphatic heterocycles. The van der Waals surface area contributed by atoms with Gasteiger partial charge in [-0.1, -0.05) is 55.0 Å². The second-order valence-corrected chi connectivity index (χ2v) is 14.3. The summed E-state index contributed by atoms with van der Waals surface area (Å²) in [5, 5.41) is 2.01. The van der Waals surface area contributed by atoms with Crippen molar-refractivity contribution in [2.24, 2.45) is 0 Å². The summed E-state index contributed by atoms with van der Waals surface area (Å²) in [4.78, 5) is 48.1. The fraction of sp³-hybridized carbons (Fsp3) is 0.164. The van der Waals surface area contributed by atoms with E-state index in [-0.39, 0.29) is 37.6 Å². The quantitative estimate of drug-likeness (QED) is 0.0191. The molecule has 0 saturated carbocycles. The summed E-state index contributed by atoms with van der Waals surface area (Å²) in [6.07, 6.45) is 3.48. The number of esters is 4. The van der Waals surface area contributed by atoms with Gasteiger partial charge in [0.15, 0.2) is 11.5 Å². The van der Waals surface area contributed by atoms with Gasteiger partial charge < -0.3 is 37.9 Å². The van der Waals surface area contributed by atoms with Crippen molar-refractivity contribution in [3.63, 3.8) is 0 Å². The number of benzene rings is 6. The van der Waals surface area contributed by atoms with Crippen molar-refractivity contribution in [1.82, 2.24) is 0 Å². The van der Waals surface area contributed by atoms with Crippen molar-refractivity contribution < 1.29 is 57.1 Å². The van der Waals surface area contributed by atoms with Gasteiger partial charge in [-0.25, -0.2) is 19.2 Å². The molecular formula is C55H46O12. The van der Waals surface area contributed by atoms with Crippen LogP contribution < -0.4 is 23.7 Å². The van der Waals surface area contributed by atoms with E-state index in [4.69, 9.17) is 37.9 Å². The maximum Gasteiger partial charge on any atom is 0.343 e. The molecule has 0 aliphatic carbocycles. The van der Waals surface area contributed by atoms with Gasteiger partial charge in [-0.05, 0) is 132 Å². The van der Waals surface area contributed by atoms with Gasteiger partial charge in [0.2, 0.25) is 0 Å². The molecule has 0 aliphatic rings. The van der Waals surface area contributed by atoms with Gasteiger partial charge in [-0.3, -0.25) is 0 Å². The van der Waals surface area contributed by atoms with Crippen LogP contribution in [0.3, 0.4) is 0 Å². The minimum absolute atomic E-state index is 0.131. The first-order valence-electron chi connectivity index (χ1n) is 21.0. The second-order valence-electron chi connectivity index (χ2n) is 14.3. The normalized spacial score (nSPS) is 10.2. The Morgan fingerprint density at radius 2 is 1.09 bits per heavy atom. The monoisotopic (exact) mass is 898 g/mol. The third-order valence-corrected chi connectivity index (χ3v) is 9.68. The van der Waals surface area contributed by atoms with Crippen LogP contribution in [0.2, 0.25) is 0 Å². The topological polar surface area (TPSA) is 142 Å². The largest absolute Gasteiger partial charge is 0.493 e. The zero-order chi connectivity index (χ0) is 47.4. The van der Waals surface area contributed by atoms with Gasteiger partial charge in [0, 0.05) is 34.4 Å². The molecule has 6 rings (SSSR count). The molecule has 0 radical (unpaired) electrons. The molecule has 6 aromatic rings. The fourth-order valence-electron chi connectivity index (χ4n) is 6.21. The van der Waals surface area contributed by atoms with Crippen molar-refractivity contribution in [3.05, 3.63) is 186 Å². The first-order chi connectivity index (χ1) is 32.6. The van der Waals surface area contributed by atoms with Crippen LogP contribution in [0.4, 0.5) is 0 Å². The van der Waals surface area contributed by atoms with Gasteiger partial charge in [0.05, 0.1) is 33.0 Å². The number of ether oxygens (including phenoxy) is 8. The van der Waals surface area contributed by atoms with Crippen LogP contribution in [0.5, 0.6) is 28.7 Å². The summed E-state index contributed by atoms with van der Waals surface area (Å²) in [6.45, 7) is 7.92. The Labute approximate surface area is 388 Å². The van der Waals surface area contributed by atoms with Gasteiger partial charge in [-0.2, -0.15) is 0 Å². The number of hydrogen-bond acceptors (Lipinski definition) is 12. The van der Waals surface area contributed by atoms with Crippen LogP contribution in [-0.2, 0) is 30.4 Å². The predicted octanol–water partition coefficient (Wildman–Crippen LogP) is 9.23. The van der Waals surface area contributed by atoms with E-state index in [1.165, 1.54) is 14.2 Å². The third kappa shape index (κ3) is 14.4. The number of fused-ring (bicyclic) bond motifs is 1. The fourth-order valence-corrected chi connectivity index (χ4v) is 6.21. The molecule has 0 atom stereocenters. The molecule has 0 N–H and O–H groups in total. The van der Waals surface area contributed by atoms with Crippen LogP contribution in [0.1, 0.15) is 61.4 Å². The van der Waals surface area contributed by atoms with Crippen LogP contribution in [0.25, 0.3) is 10.8 Å². The van der Waals surface area contributed by atoms with Crippen LogP contribution >= 0.6 is 0 Å². The minimum atomic E-state index is -0.584. The first-order valence-corrected chi connectivity index (χ1v) is 21.0. The SMILES string of the molecule is C=CC(=O)OCCCCOc1ccc(C(=O)Oc2ccc(C#Cc3ccc(OCc4ccc5cc(C#Cc6ccc(OCCOC(=O)C=C)cc6)ccc5c4)c(C(=O)OC)c3)cc2)cc1OC. The molecule has 338 valence electrons. The van der Waals surface area contributed by atoms with Gasteiger partial charge in [0.25, 0.3) is 0 Å². The maximum atomic E-state index is 13.0. The van der Waals surface area contributed by atoms with Crippen molar-refractivity contribution >= 4 is 34.6 Å². The molecule has 0 aromatic heterocycles. The number of rotatable bonds is 19. The Hall–Kier alpha value is -8.74. The highest BCUT2D eigenvalue weighted by Crippen LogP contribution is 2.29. The van der Waals surface area contributed by atoms with E-state index in [2.05, 4.69) is 36.8 Å². The summed E-state index contributed by atoms with van der Waals surface area (Å²) >= 11 is 0. The lowest BCUT2D eigenvalue weighted by Crippen LogP contribution is -2.10. The number of carbonyl (C=O) groups excluding carboxylic acids is 4. The van der Waals surface area contributed by atoms with Gasteiger partial charge in [-0.15, -0.1) is 0 Å². The molecule has 12 heteroatoms. The highest BCUT2D eigenvalue weighted by Gasteiger charge is 2.16. The standard InChI is InChI=1S/C55H46O12/c1-5-52(56)64-30-8-7-29-63-50-28-22-45(36-51(50)60-3)54(58)67-47-25-17-39(18-26-47)10-12-41-19-27-49(48(35-41)55(59)61-4)66-37-42-14-21-43-33-40(13-20-44(43)34-42)11-9-38-15-23-46(24-16-38)62-31-32-65-53(57)6-2/h5-6,13-28,33-36H,1-2,7-8,29-32,37H2,3-4H3. The molecule has 6 aromatic carbocycles. The molecule has 67 heavy (non-hydrogen) atoms. The molecular weight excluding hydrogens is 853 g/mol. The lowest BCUT2D eigenvalue weighted by atomic mass is 10.0. The summed E-state index contributed by atoms with van der Waals surface area (Å²) in [5.74, 6) is 12.6. The Morgan fingerprint density at radius 1 is 0.507 bits per heavy atom. The lowest BCUT2D eigenvalue weighted by Gasteiger charge is -2.12. The molecule has 12 nitrogen and oxygen atoms in total. The van der Waals surface area contributed by atoms with Crippen LogP contribution in [0, 0.1) is 23.7 Å². The molecule has 0 unspecified atom stereocenters. The van der Waals surface area contributed by atoms with Crippen LogP contribution in [-0.4, -0.2) is 64.5 Å². The summed E-state index contributed by atoms with van der Waals surface area (Å²) in [6, 6.07) is 35.9. The minimum Gasteiger partial charge on any atom is -0.493 e. The zero-order valence-corrected chi connectivity index (χ0v) is 37.0. The Kier molecular flexibility index (Phi) is 17.4. The Bertz CT molecular complexity index is 2870. The molecule has 0 heterocycles. The van der Waals surface area contributed by atoms with Crippen molar-refractivity contribution in [2.75, 3.05) is 40.6 Å².